The second-order valence-corrected chi connectivity index (χ2v) is 28.8. The first-order valence-electron chi connectivity index (χ1n) is 34.5. The normalized spacial score (nSPS) is 24.7. The Balaban J connectivity index is 1.43. The smallest absolute Gasteiger partial charge is 0.417 e. The van der Waals surface area contributed by atoms with Crippen LogP contribution in [0.2, 0.25) is 10.0 Å². The van der Waals surface area contributed by atoms with Gasteiger partial charge in [-0.25, -0.2) is 0 Å². The molecule has 0 unspecified atom stereocenters. The summed E-state index contributed by atoms with van der Waals surface area (Å²) in [7, 11) is 9.42. The van der Waals surface area contributed by atoms with Crippen LogP contribution in [0.5, 0.6) is 5.75 Å². The molecule has 30 heteroatoms. The van der Waals surface area contributed by atoms with Gasteiger partial charge in [-0.15, -0.1) is 0 Å². The fourth-order valence-corrected chi connectivity index (χ4v) is 14.0. The average Bonchev–Trinajstić information content (AvgIpc) is 1.54. The molecule has 6 rings (SSSR count). The van der Waals surface area contributed by atoms with Crippen LogP contribution in [0.1, 0.15) is 136 Å². The number of likely N-dealkylation sites (tertiary alicyclic amines) is 1. The van der Waals surface area contributed by atoms with Gasteiger partial charge in [-0.3, -0.25) is 57.5 Å². The van der Waals surface area contributed by atoms with Gasteiger partial charge in [-0.05, 0) is 112 Å². The second-order valence-electron chi connectivity index (χ2n) is 28.0. The standard InChI is InChI=1S/C70H101Cl2F3N12O13/c1-14-44(6)59-66(97)81(9)39-57(90)79(7)40-58(91)83(11)53(41-100-54-25-17-16-23-47(54)71)64(95)80(8)38-55(88)76-49(29-27-45-26-28-46(48(72)36-45)70(73,74)75)63(94)87-34-22-24-50(87)62(93)78-69(30-18-19-31-69)68(99)85(13)60(43(4)5)67(98)84(12)52(65(96)86-32-20-15-21-33-86)37-56(89)82(10)51(35-42(2)3)61(92)77-59/h16-17,23,25-26,28,36,42-44,49-53,59-60H,14-15,18-22,24,27,29-35,37-41H2,1-13H3,(H,76,88)(H,77,92)(H,78,93)/t44-,49-,50-,51-,52-,53-,59-,60-/m0/s1. The zero-order valence-electron chi connectivity index (χ0n) is 59.9. The predicted octanol–water partition coefficient (Wildman–Crippen LogP) is 5.26. The number of likely N-dealkylation sites (N-methyl/N-ethyl adjacent to an activating group) is 7. The molecule has 554 valence electrons. The lowest BCUT2D eigenvalue weighted by atomic mass is 9.91. The van der Waals surface area contributed by atoms with Gasteiger partial charge in [-0.2, -0.15) is 13.2 Å². The van der Waals surface area contributed by atoms with Crippen LogP contribution in [0.3, 0.4) is 0 Å². The lowest BCUT2D eigenvalue weighted by Gasteiger charge is -2.42. The van der Waals surface area contributed by atoms with E-state index in [4.69, 9.17) is 27.9 Å². The van der Waals surface area contributed by atoms with Crippen molar-refractivity contribution in [2.75, 3.05) is 95.2 Å². The number of fused-ring (bicyclic) bond motifs is 1. The molecule has 1 spiro atoms. The number of nitrogens with one attached hydrogen (secondary N) is 3. The molecule has 2 aromatic carbocycles. The van der Waals surface area contributed by atoms with Gasteiger partial charge in [0, 0.05) is 69.0 Å². The highest BCUT2D eigenvalue weighted by atomic mass is 35.5. The van der Waals surface area contributed by atoms with Gasteiger partial charge in [0.25, 0.3) is 0 Å². The number of para-hydroxylation sites is 1. The van der Waals surface area contributed by atoms with Crippen molar-refractivity contribution in [2.24, 2.45) is 17.8 Å². The van der Waals surface area contributed by atoms with E-state index < -0.39 is 180 Å². The van der Waals surface area contributed by atoms with Crippen molar-refractivity contribution in [3.8, 4) is 5.75 Å². The monoisotopic (exact) mass is 1440 g/mol. The molecule has 3 N–H and O–H groups in total. The number of carbonyl (C=O) groups is 12. The Kier molecular flexibility index (Phi) is 29.0. The molecule has 25 nitrogen and oxygen atoms in total. The minimum atomic E-state index is -4.78. The summed E-state index contributed by atoms with van der Waals surface area (Å²) in [5.41, 5.74) is -2.45. The van der Waals surface area contributed by atoms with Gasteiger partial charge in [0.1, 0.15) is 60.2 Å². The first kappa shape index (κ1) is 81.2. The number of rotatable bonds is 12. The summed E-state index contributed by atoms with van der Waals surface area (Å²) in [4.78, 5) is 188. The summed E-state index contributed by atoms with van der Waals surface area (Å²) in [5.74, 6) is -9.89. The van der Waals surface area contributed by atoms with Crippen LogP contribution in [-0.4, -0.2) is 258 Å². The Morgan fingerprint density at radius 3 is 1.87 bits per heavy atom. The molecule has 1 aliphatic carbocycles. The molecule has 4 fully saturated rings. The SMILES string of the molecule is CC[C@H](C)[C@@H]1NC(=O)[C@H](CC(C)C)N(C)C(=O)C[C@@H](C(=O)N2CCCCC2)N(C)C(=O)[C@H](C(C)C)N(C)C(=O)C2(CCCC2)NC(=O)[C@@H]2CCCN2C(=O)[C@H](CCc2ccc(C(F)(F)F)c(Cl)c2)NC(=O)CN(C)C(=O)[C@H](COc2ccccc2Cl)N(C)C(=O)CN(C)C(=O)CN(C)C1=O. The summed E-state index contributed by atoms with van der Waals surface area (Å²) in [6.07, 6.45) is -1.46. The molecule has 0 radical (unpaired) electrons. The van der Waals surface area contributed by atoms with Crippen molar-refractivity contribution in [3.63, 3.8) is 0 Å². The summed E-state index contributed by atoms with van der Waals surface area (Å²) in [6, 6.07) is -0.0352. The highest BCUT2D eigenvalue weighted by molar-refractivity contribution is 6.32. The largest absolute Gasteiger partial charge is 0.489 e. The first-order valence-corrected chi connectivity index (χ1v) is 35.2. The van der Waals surface area contributed by atoms with Crippen LogP contribution in [0.15, 0.2) is 42.5 Å². The Morgan fingerprint density at radius 2 is 1.27 bits per heavy atom. The zero-order valence-corrected chi connectivity index (χ0v) is 61.4. The summed E-state index contributed by atoms with van der Waals surface area (Å²) >= 11 is 12.6. The fraction of sp³-hybridized carbons (Fsp3) is 0.657. The van der Waals surface area contributed by atoms with Crippen LogP contribution < -0.4 is 20.7 Å². The van der Waals surface area contributed by atoms with Gasteiger partial charge in [-0.1, -0.05) is 102 Å². The molecule has 3 heterocycles. The topological polar surface area (TPSA) is 279 Å². The molecule has 0 bridgehead atoms. The molecule has 4 aliphatic rings. The molecule has 12 amide bonds. The third-order valence-electron chi connectivity index (χ3n) is 19.8. The van der Waals surface area contributed by atoms with Crippen LogP contribution in [0.4, 0.5) is 13.2 Å². The predicted molar refractivity (Wildman–Crippen MR) is 368 cm³/mol. The Bertz CT molecular complexity index is 3310. The highest BCUT2D eigenvalue weighted by Crippen LogP contribution is 2.37. The maximum Gasteiger partial charge on any atom is 0.417 e. The number of ether oxygens (including phenoxy) is 1. The summed E-state index contributed by atoms with van der Waals surface area (Å²) in [5, 5.41) is 8.10. The fourth-order valence-electron chi connectivity index (χ4n) is 13.5. The van der Waals surface area contributed by atoms with Crippen molar-refractivity contribution in [1.29, 1.82) is 0 Å². The molecular formula is C70H101Cl2F3N12O13. The van der Waals surface area contributed by atoms with Gasteiger partial charge in [0.2, 0.25) is 70.9 Å². The number of piperidine rings is 1. The molecular weight excluding hydrogens is 1340 g/mol. The van der Waals surface area contributed by atoms with E-state index in [1.54, 1.807) is 44.7 Å². The average molecular weight is 1450 g/mol. The first-order chi connectivity index (χ1) is 46.9. The van der Waals surface area contributed by atoms with E-state index in [0.717, 1.165) is 38.2 Å². The molecule has 2 aromatic rings. The second kappa shape index (κ2) is 35.7. The molecule has 100 heavy (non-hydrogen) atoms. The number of nitrogens with zero attached hydrogens (tertiary/aromatic N) is 9. The maximum atomic E-state index is 15.4. The van der Waals surface area contributed by atoms with Crippen molar-refractivity contribution in [3.05, 3.63) is 63.6 Å². The van der Waals surface area contributed by atoms with Crippen LogP contribution in [-0.2, 0) is 70.1 Å². The van der Waals surface area contributed by atoms with E-state index >= 15 is 19.2 Å². The van der Waals surface area contributed by atoms with Crippen molar-refractivity contribution < 1.29 is 75.4 Å². The quantitative estimate of drug-likeness (QED) is 0.245. The zero-order chi connectivity index (χ0) is 74.4. The molecule has 8 atom stereocenters. The maximum absolute atomic E-state index is 15.4. The van der Waals surface area contributed by atoms with Gasteiger partial charge >= 0.3 is 6.18 Å². The van der Waals surface area contributed by atoms with Gasteiger partial charge in [0.15, 0.2) is 0 Å². The number of carbonyl (C=O) groups excluding carboxylic acids is 12. The van der Waals surface area contributed by atoms with Crippen LogP contribution in [0, 0.1) is 17.8 Å². The van der Waals surface area contributed by atoms with E-state index in [-0.39, 0.29) is 73.7 Å². The van der Waals surface area contributed by atoms with Crippen LogP contribution in [0.25, 0.3) is 0 Å². The highest BCUT2D eigenvalue weighted by Gasteiger charge is 2.51. The number of aryl methyl sites for hydroxylation is 1. The molecule has 3 saturated heterocycles. The van der Waals surface area contributed by atoms with E-state index in [0.29, 0.717) is 45.2 Å². The Hall–Kier alpha value is -7.75. The number of halogens is 5. The summed E-state index contributed by atoms with van der Waals surface area (Å²) in [6.45, 7) is 8.82. The number of hydrogen-bond donors (Lipinski definition) is 3. The Labute approximate surface area is 594 Å². The number of hydrogen-bond acceptors (Lipinski definition) is 13. The number of alkyl halides is 3. The van der Waals surface area contributed by atoms with Crippen molar-refractivity contribution in [1.82, 2.24) is 60.0 Å². The number of benzene rings is 2. The molecule has 0 aromatic heterocycles. The van der Waals surface area contributed by atoms with E-state index in [9.17, 15) is 51.5 Å². The lowest BCUT2D eigenvalue weighted by molar-refractivity contribution is -0.156. The van der Waals surface area contributed by atoms with Crippen molar-refractivity contribution in [2.45, 2.75) is 185 Å². The van der Waals surface area contributed by atoms with Crippen LogP contribution >= 0.6 is 23.2 Å². The number of amides is 12. The van der Waals surface area contributed by atoms with Gasteiger partial charge < -0.3 is 64.8 Å². The lowest BCUT2D eigenvalue weighted by Crippen LogP contribution is -2.65. The minimum absolute atomic E-state index is 0.00608. The molecule has 1 saturated carbocycles. The Morgan fingerprint density at radius 1 is 0.650 bits per heavy atom. The minimum Gasteiger partial charge on any atom is -0.489 e. The van der Waals surface area contributed by atoms with Gasteiger partial charge in [0.05, 0.1) is 41.7 Å². The summed E-state index contributed by atoms with van der Waals surface area (Å²) < 4.78 is 47.5. The third-order valence-corrected chi connectivity index (χ3v) is 20.5. The molecule has 3 aliphatic heterocycles. The van der Waals surface area contributed by atoms with E-state index in [1.807, 2.05) is 13.8 Å². The van der Waals surface area contributed by atoms with E-state index in [1.165, 1.54) is 87.1 Å². The third kappa shape index (κ3) is 20.3. The van der Waals surface area contributed by atoms with E-state index in [2.05, 4.69) is 16.0 Å². The van der Waals surface area contributed by atoms with Crippen molar-refractivity contribution >= 4 is 94.1 Å².